The van der Waals surface area contributed by atoms with Gasteiger partial charge in [-0.2, -0.15) is 0 Å². The topological polar surface area (TPSA) is 55.0 Å². The van der Waals surface area contributed by atoms with Crippen molar-refractivity contribution in [3.05, 3.63) is 48.3 Å². The zero-order valence-corrected chi connectivity index (χ0v) is 12.4. The molecule has 0 bridgehead atoms. The first kappa shape index (κ1) is 12.6. The molecule has 0 amide bonds. The van der Waals surface area contributed by atoms with Crippen LogP contribution in [0.2, 0.25) is 0 Å². The maximum atomic E-state index is 5.86. The lowest BCUT2D eigenvalue weighted by Gasteiger charge is -2.24. The van der Waals surface area contributed by atoms with Crippen LogP contribution < -0.4 is 10.6 Å². The molecule has 106 valence electrons. The summed E-state index contributed by atoms with van der Waals surface area (Å²) in [6.45, 7) is 1.06. The number of hydrogen-bond donors (Lipinski definition) is 1. The third kappa shape index (κ3) is 2.23. The first-order valence-electron chi connectivity index (χ1n) is 7.14. The lowest BCUT2D eigenvalue weighted by Crippen LogP contribution is -2.22. The molecule has 1 aliphatic heterocycles. The van der Waals surface area contributed by atoms with Crippen molar-refractivity contribution in [1.82, 2.24) is 9.97 Å². The van der Waals surface area contributed by atoms with Gasteiger partial charge in [-0.15, -0.1) is 0 Å². The van der Waals surface area contributed by atoms with Crippen molar-refractivity contribution in [3.63, 3.8) is 0 Å². The van der Waals surface area contributed by atoms with Crippen LogP contribution in [0.25, 0.3) is 10.2 Å². The normalized spacial score (nSPS) is 18.5. The van der Waals surface area contributed by atoms with Gasteiger partial charge in [-0.25, -0.2) is 4.98 Å². The summed E-state index contributed by atoms with van der Waals surface area (Å²) in [6, 6.07) is 10.5. The molecule has 1 saturated heterocycles. The number of nitrogens with zero attached hydrogens (tertiary/aromatic N) is 3. The fourth-order valence-corrected chi connectivity index (χ4v) is 4.07. The number of thiazole rings is 1. The summed E-state index contributed by atoms with van der Waals surface area (Å²) >= 11 is 1.73. The Bertz CT molecular complexity index is 768. The van der Waals surface area contributed by atoms with Crippen molar-refractivity contribution >= 4 is 32.4 Å². The van der Waals surface area contributed by atoms with Crippen LogP contribution in [0.4, 0.5) is 10.8 Å². The van der Waals surface area contributed by atoms with Crippen LogP contribution in [-0.2, 0) is 0 Å². The highest BCUT2D eigenvalue weighted by molar-refractivity contribution is 7.22. The summed E-state index contributed by atoms with van der Waals surface area (Å²) in [5.74, 6) is 0. The van der Waals surface area contributed by atoms with Crippen molar-refractivity contribution in [1.29, 1.82) is 0 Å². The maximum absolute atomic E-state index is 5.86. The van der Waals surface area contributed by atoms with Crippen LogP contribution in [0.5, 0.6) is 0 Å². The minimum absolute atomic E-state index is 0.408. The minimum Gasteiger partial charge on any atom is -0.399 e. The van der Waals surface area contributed by atoms with Crippen LogP contribution >= 0.6 is 11.3 Å². The summed E-state index contributed by atoms with van der Waals surface area (Å²) in [6.07, 6.45) is 6.10. The Morgan fingerprint density at radius 1 is 1.19 bits per heavy atom. The Morgan fingerprint density at radius 2 is 2.05 bits per heavy atom. The average molecular weight is 296 g/mol. The summed E-state index contributed by atoms with van der Waals surface area (Å²) in [4.78, 5) is 11.3. The van der Waals surface area contributed by atoms with E-state index in [2.05, 4.69) is 22.0 Å². The van der Waals surface area contributed by atoms with Crippen LogP contribution in [0.15, 0.2) is 42.7 Å². The van der Waals surface area contributed by atoms with E-state index in [9.17, 15) is 0 Å². The highest BCUT2D eigenvalue weighted by Crippen LogP contribution is 2.39. The van der Waals surface area contributed by atoms with Crippen molar-refractivity contribution in [3.8, 4) is 0 Å². The fourth-order valence-electron chi connectivity index (χ4n) is 2.98. The quantitative estimate of drug-likeness (QED) is 0.734. The second-order valence-electron chi connectivity index (χ2n) is 5.36. The number of aromatic nitrogens is 2. The van der Waals surface area contributed by atoms with Gasteiger partial charge in [0.1, 0.15) is 0 Å². The van der Waals surface area contributed by atoms with E-state index >= 15 is 0 Å². The van der Waals surface area contributed by atoms with Crippen molar-refractivity contribution in [2.75, 3.05) is 17.2 Å². The molecular weight excluding hydrogens is 280 g/mol. The molecule has 3 aromatic rings. The number of fused-ring (bicyclic) bond motifs is 1. The lowest BCUT2D eigenvalue weighted by molar-refractivity contribution is 0.716. The molecule has 4 nitrogen and oxygen atoms in total. The van der Waals surface area contributed by atoms with Gasteiger partial charge in [-0.1, -0.05) is 11.3 Å². The summed E-state index contributed by atoms with van der Waals surface area (Å²) in [5, 5.41) is 1.09. The molecule has 1 unspecified atom stereocenters. The number of rotatable bonds is 2. The van der Waals surface area contributed by atoms with Crippen LogP contribution in [0, 0.1) is 0 Å². The first-order valence-corrected chi connectivity index (χ1v) is 7.95. The SMILES string of the molecule is Nc1ccc2nc(N3CCCC3c3ccncc3)sc2c1. The molecule has 3 heterocycles. The molecule has 0 aliphatic carbocycles. The lowest BCUT2D eigenvalue weighted by atomic mass is 10.1. The molecule has 1 fully saturated rings. The molecular formula is C16H16N4S. The van der Waals surface area contributed by atoms with Gasteiger partial charge in [0.15, 0.2) is 5.13 Å². The molecule has 5 heteroatoms. The Kier molecular flexibility index (Phi) is 3.00. The summed E-state index contributed by atoms with van der Waals surface area (Å²) < 4.78 is 1.16. The van der Waals surface area contributed by atoms with Gasteiger partial charge >= 0.3 is 0 Å². The zero-order valence-electron chi connectivity index (χ0n) is 11.6. The third-order valence-corrected chi connectivity index (χ3v) is 5.05. The minimum atomic E-state index is 0.408. The van der Waals surface area contributed by atoms with Gasteiger partial charge in [0.05, 0.1) is 16.3 Å². The molecule has 2 aromatic heterocycles. The van der Waals surface area contributed by atoms with Gasteiger partial charge in [0, 0.05) is 24.6 Å². The van der Waals surface area contributed by atoms with Gasteiger partial charge < -0.3 is 10.6 Å². The monoisotopic (exact) mass is 296 g/mol. The third-order valence-electron chi connectivity index (χ3n) is 3.99. The molecule has 1 aromatic carbocycles. The number of pyridine rings is 1. The van der Waals surface area contributed by atoms with Gasteiger partial charge in [0.25, 0.3) is 0 Å². The second kappa shape index (κ2) is 5.00. The number of benzene rings is 1. The molecule has 1 aliphatic rings. The number of nitrogen functional groups attached to an aromatic ring is 1. The van der Waals surface area contributed by atoms with E-state index in [0.29, 0.717) is 6.04 Å². The number of anilines is 2. The van der Waals surface area contributed by atoms with Gasteiger partial charge in [0.2, 0.25) is 0 Å². The number of nitrogens with two attached hydrogens (primary N) is 1. The van der Waals surface area contributed by atoms with Gasteiger partial charge in [-0.3, -0.25) is 4.98 Å². The summed E-state index contributed by atoms with van der Waals surface area (Å²) in [5.41, 5.74) is 9.01. The predicted molar refractivity (Wildman–Crippen MR) is 87.6 cm³/mol. The largest absolute Gasteiger partial charge is 0.399 e. The first-order chi connectivity index (χ1) is 10.3. The zero-order chi connectivity index (χ0) is 14.2. The van der Waals surface area contributed by atoms with E-state index in [1.165, 1.54) is 18.4 Å². The average Bonchev–Trinajstić information content (AvgIpc) is 3.13. The molecule has 21 heavy (non-hydrogen) atoms. The molecule has 0 saturated carbocycles. The van der Waals surface area contributed by atoms with Crippen LogP contribution in [0.3, 0.4) is 0 Å². The second-order valence-corrected chi connectivity index (χ2v) is 6.36. The van der Waals surface area contributed by atoms with E-state index in [0.717, 1.165) is 27.6 Å². The molecule has 4 rings (SSSR count). The Labute approximate surface area is 127 Å². The molecule has 0 spiro atoms. The van der Waals surface area contributed by atoms with E-state index in [-0.39, 0.29) is 0 Å². The smallest absolute Gasteiger partial charge is 0.186 e. The van der Waals surface area contributed by atoms with Crippen molar-refractivity contribution in [2.45, 2.75) is 18.9 Å². The maximum Gasteiger partial charge on any atom is 0.186 e. The van der Waals surface area contributed by atoms with E-state index in [1.807, 2.05) is 30.6 Å². The van der Waals surface area contributed by atoms with Crippen molar-refractivity contribution in [2.24, 2.45) is 0 Å². The fraction of sp³-hybridized carbons (Fsp3) is 0.250. The van der Waals surface area contributed by atoms with E-state index < -0.39 is 0 Å². The Hall–Kier alpha value is -2.14. The van der Waals surface area contributed by atoms with Crippen LogP contribution in [-0.4, -0.2) is 16.5 Å². The predicted octanol–water partition coefficient (Wildman–Crippen LogP) is 3.62. The van der Waals surface area contributed by atoms with E-state index in [4.69, 9.17) is 10.7 Å². The molecule has 0 radical (unpaired) electrons. The Balaban J connectivity index is 1.73. The standard InChI is InChI=1S/C16H16N4S/c17-12-3-4-13-15(10-12)21-16(19-13)20-9-1-2-14(20)11-5-7-18-8-6-11/h3-8,10,14H,1-2,9,17H2. The highest BCUT2D eigenvalue weighted by atomic mass is 32.1. The molecule has 2 N–H and O–H groups in total. The van der Waals surface area contributed by atoms with Crippen LogP contribution in [0.1, 0.15) is 24.4 Å². The van der Waals surface area contributed by atoms with Gasteiger partial charge in [-0.05, 0) is 48.7 Å². The van der Waals surface area contributed by atoms with E-state index in [1.54, 1.807) is 11.3 Å². The summed E-state index contributed by atoms with van der Waals surface area (Å²) in [7, 11) is 0. The highest BCUT2D eigenvalue weighted by Gasteiger charge is 2.28. The number of hydrogen-bond acceptors (Lipinski definition) is 5. The van der Waals surface area contributed by atoms with Crippen molar-refractivity contribution < 1.29 is 0 Å². The Morgan fingerprint density at radius 3 is 2.90 bits per heavy atom. The molecule has 1 atom stereocenters.